The Labute approximate surface area is 122 Å². The van der Waals surface area contributed by atoms with Crippen LogP contribution in [0.25, 0.3) is 0 Å². The van der Waals surface area contributed by atoms with Crippen LogP contribution < -0.4 is 11.1 Å². The van der Waals surface area contributed by atoms with Crippen molar-refractivity contribution in [3.8, 4) is 0 Å². The third-order valence-corrected chi connectivity index (χ3v) is 3.16. The van der Waals surface area contributed by atoms with Crippen molar-refractivity contribution in [2.45, 2.75) is 19.5 Å². The Morgan fingerprint density at radius 2 is 2.24 bits per heavy atom. The van der Waals surface area contributed by atoms with E-state index in [1.165, 1.54) is 12.1 Å². The van der Waals surface area contributed by atoms with Crippen molar-refractivity contribution in [2.24, 2.45) is 10.9 Å². The van der Waals surface area contributed by atoms with Gasteiger partial charge in [0, 0.05) is 18.8 Å². The minimum atomic E-state index is -0.251. The molecular formula is C15H17FN4O. The first-order valence-electron chi connectivity index (χ1n) is 6.52. The normalized spacial score (nSPS) is 13.1. The summed E-state index contributed by atoms with van der Waals surface area (Å²) in [5, 5.41) is 14.9. The molecule has 0 aliphatic carbocycles. The summed E-state index contributed by atoms with van der Waals surface area (Å²) >= 11 is 0. The van der Waals surface area contributed by atoms with E-state index in [2.05, 4.69) is 15.5 Å². The lowest BCUT2D eigenvalue weighted by Gasteiger charge is -2.14. The Morgan fingerprint density at radius 1 is 1.43 bits per heavy atom. The van der Waals surface area contributed by atoms with Gasteiger partial charge in [-0.1, -0.05) is 17.3 Å². The molecule has 0 amide bonds. The molecule has 0 bridgehead atoms. The number of benzene rings is 1. The van der Waals surface area contributed by atoms with Crippen molar-refractivity contribution in [1.82, 2.24) is 10.3 Å². The van der Waals surface area contributed by atoms with Crippen LogP contribution in [0.15, 0.2) is 47.8 Å². The van der Waals surface area contributed by atoms with Crippen molar-refractivity contribution >= 4 is 5.84 Å². The van der Waals surface area contributed by atoms with Gasteiger partial charge in [-0.3, -0.25) is 4.98 Å². The Bertz CT molecular complexity index is 645. The molecule has 1 aromatic carbocycles. The quantitative estimate of drug-likeness (QED) is 0.341. The van der Waals surface area contributed by atoms with Crippen molar-refractivity contribution in [1.29, 1.82) is 0 Å². The highest BCUT2D eigenvalue weighted by Gasteiger charge is 2.07. The second-order valence-electron chi connectivity index (χ2n) is 4.69. The molecule has 0 aliphatic rings. The van der Waals surface area contributed by atoms with E-state index in [9.17, 15) is 4.39 Å². The SMILES string of the molecule is C[C@H](NCc1ccnc(/C(N)=N/O)c1)c1cccc(F)c1. The topological polar surface area (TPSA) is 83.5 Å². The zero-order chi connectivity index (χ0) is 15.2. The number of nitrogens with two attached hydrogens (primary N) is 1. The third kappa shape index (κ3) is 4.00. The number of aromatic nitrogens is 1. The van der Waals surface area contributed by atoms with Gasteiger partial charge < -0.3 is 16.3 Å². The van der Waals surface area contributed by atoms with Gasteiger partial charge in [0.15, 0.2) is 5.84 Å². The number of halogens is 1. The summed E-state index contributed by atoms with van der Waals surface area (Å²) in [6.45, 7) is 2.52. The molecule has 5 nitrogen and oxygen atoms in total. The number of rotatable bonds is 5. The van der Waals surface area contributed by atoms with Gasteiger partial charge in [-0.15, -0.1) is 0 Å². The summed E-state index contributed by atoms with van der Waals surface area (Å²) in [6, 6.07) is 10.1. The second kappa shape index (κ2) is 6.81. The molecule has 0 saturated heterocycles. The molecule has 6 heteroatoms. The first-order chi connectivity index (χ1) is 10.1. The second-order valence-corrected chi connectivity index (χ2v) is 4.69. The Hall–Kier alpha value is -2.47. The number of hydrogen-bond donors (Lipinski definition) is 3. The molecule has 21 heavy (non-hydrogen) atoms. The Kier molecular flexibility index (Phi) is 4.84. The molecule has 0 unspecified atom stereocenters. The fourth-order valence-corrected chi connectivity index (χ4v) is 1.94. The zero-order valence-electron chi connectivity index (χ0n) is 11.6. The average molecular weight is 288 g/mol. The number of nitrogens with zero attached hydrogens (tertiary/aromatic N) is 2. The summed E-state index contributed by atoms with van der Waals surface area (Å²) in [5.74, 6) is -0.283. The number of nitrogens with one attached hydrogen (secondary N) is 1. The van der Waals surface area contributed by atoms with E-state index in [1.54, 1.807) is 18.3 Å². The standard InChI is InChI=1S/C15H17FN4O/c1-10(12-3-2-4-13(16)8-12)19-9-11-5-6-18-14(7-11)15(17)20-21/h2-8,10,19,21H,9H2,1H3,(H2,17,20)/t10-/m0/s1. The van der Waals surface area contributed by atoms with E-state index in [-0.39, 0.29) is 17.7 Å². The molecule has 0 radical (unpaired) electrons. The van der Waals surface area contributed by atoms with Gasteiger partial charge >= 0.3 is 0 Å². The predicted molar refractivity (Wildman–Crippen MR) is 78.4 cm³/mol. The van der Waals surface area contributed by atoms with Gasteiger partial charge in [0.1, 0.15) is 11.5 Å². The molecule has 0 spiro atoms. The van der Waals surface area contributed by atoms with Gasteiger partial charge in [-0.05, 0) is 42.3 Å². The van der Waals surface area contributed by atoms with Crippen molar-refractivity contribution in [2.75, 3.05) is 0 Å². The van der Waals surface area contributed by atoms with Crippen LogP contribution in [0.3, 0.4) is 0 Å². The highest BCUT2D eigenvalue weighted by molar-refractivity contribution is 5.95. The van der Waals surface area contributed by atoms with Crippen LogP contribution in [0.2, 0.25) is 0 Å². The molecule has 0 aliphatic heterocycles. The van der Waals surface area contributed by atoms with Gasteiger partial charge in [-0.2, -0.15) is 0 Å². The first-order valence-corrected chi connectivity index (χ1v) is 6.52. The Balaban J connectivity index is 2.03. The summed E-state index contributed by atoms with van der Waals surface area (Å²) in [4.78, 5) is 4.01. The summed E-state index contributed by atoms with van der Waals surface area (Å²) in [5.41, 5.74) is 7.73. The first kappa shape index (κ1) is 14.9. The molecule has 2 aromatic rings. The summed E-state index contributed by atoms with van der Waals surface area (Å²) < 4.78 is 13.2. The van der Waals surface area contributed by atoms with Crippen LogP contribution in [0.4, 0.5) is 4.39 Å². The zero-order valence-corrected chi connectivity index (χ0v) is 11.6. The summed E-state index contributed by atoms with van der Waals surface area (Å²) in [6.07, 6.45) is 1.59. The lowest BCUT2D eigenvalue weighted by Crippen LogP contribution is -2.19. The van der Waals surface area contributed by atoms with Crippen molar-refractivity contribution in [3.63, 3.8) is 0 Å². The van der Waals surface area contributed by atoms with Crippen molar-refractivity contribution < 1.29 is 9.60 Å². The van der Waals surface area contributed by atoms with E-state index in [4.69, 9.17) is 10.9 Å². The monoisotopic (exact) mass is 288 g/mol. The van der Waals surface area contributed by atoms with Gasteiger partial charge in [0.2, 0.25) is 0 Å². The van der Waals surface area contributed by atoms with Crippen LogP contribution in [0, 0.1) is 5.82 Å². The molecule has 1 aromatic heterocycles. The number of pyridine rings is 1. The maximum absolute atomic E-state index is 13.2. The molecule has 0 fully saturated rings. The van der Waals surface area contributed by atoms with Gasteiger partial charge in [-0.25, -0.2) is 4.39 Å². The maximum Gasteiger partial charge on any atom is 0.188 e. The van der Waals surface area contributed by atoms with Crippen LogP contribution in [0.5, 0.6) is 0 Å². The van der Waals surface area contributed by atoms with E-state index in [0.29, 0.717) is 12.2 Å². The van der Waals surface area contributed by atoms with Gasteiger partial charge in [0.25, 0.3) is 0 Å². The summed E-state index contributed by atoms with van der Waals surface area (Å²) in [7, 11) is 0. The molecule has 1 heterocycles. The number of amidine groups is 1. The molecule has 0 saturated carbocycles. The van der Waals surface area contributed by atoms with E-state index < -0.39 is 0 Å². The molecule has 110 valence electrons. The minimum Gasteiger partial charge on any atom is -0.409 e. The van der Waals surface area contributed by atoms with E-state index >= 15 is 0 Å². The van der Waals surface area contributed by atoms with Crippen molar-refractivity contribution in [3.05, 3.63) is 65.2 Å². The smallest absolute Gasteiger partial charge is 0.188 e. The molecular weight excluding hydrogens is 271 g/mol. The molecule has 2 rings (SSSR count). The van der Waals surface area contributed by atoms with Crippen LogP contribution in [-0.2, 0) is 6.54 Å². The fraction of sp³-hybridized carbons (Fsp3) is 0.200. The average Bonchev–Trinajstić information content (AvgIpc) is 2.52. The van der Waals surface area contributed by atoms with Crippen LogP contribution in [0.1, 0.15) is 29.8 Å². The lowest BCUT2D eigenvalue weighted by molar-refractivity contribution is 0.318. The minimum absolute atomic E-state index is 0.00108. The molecule has 1 atom stereocenters. The lowest BCUT2D eigenvalue weighted by atomic mass is 10.1. The predicted octanol–water partition coefficient (Wildman–Crippen LogP) is 2.17. The highest BCUT2D eigenvalue weighted by Crippen LogP contribution is 2.14. The fourth-order valence-electron chi connectivity index (χ4n) is 1.94. The third-order valence-electron chi connectivity index (χ3n) is 3.16. The number of hydrogen-bond acceptors (Lipinski definition) is 4. The Morgan fingerprint density at radius 3 is 2.95 bits per heavy atom. The maximum atomic E-state index is 13.2. The molecule has 4 N–H and O–H groups in total. The van der Waals surface area contributed by atoms with Gasteiger partial charge in [0.05, 0.1) is 0 Å². The van der Waals surface area contributed by atoms with E-state index in [0.717, 1.165) is 11.1 Å². The number of oxime groups is 1. The largest absolute Gasteiger partial charge is 0.409 e. The van der Waals surface area contributed by atoms with Crippen LogP contribution >= 0.6 is 0 Å². The van der Waals surface area contributed by atoms with Crippen LogP contribution in [-0.4, -0.2) is 16.0 Å². The van der Waals surface area contributed by atoms with E-state index in [1.807, 2.05) is 19.1 Å². The highest BCUT2D eigenvalue weighted by atomic mass is 19.1.